The first-order chi connectivity index (χ1) is 11.6. The highest BCUT2D eigenvalue weighted by atomic mass is 16.5. The van der Waals surface area contributed by atoms with Gasteiger partial charge in [-0.3, -0.25) is 0 Å². The van der Waals surface area contributed by atoms with Crippen molar-refractivity contribution in [3.8, 4) is 0 Å². The number of amides is 1. The number of carbonyl (C=O) groups excluding carboxylic acids is 1. The molecule has 2 aromatic rings. The molecule has 0 bridgehead atoms. The van der Waals surface area contributed by atoms with Crippen LogP contribution in [0, 0.1) is 6.92 Å². The fourth-order valence-electron chi connectivity index (χ4n) is 2.30. The Labute approximate surface area is 142 Å². The van der Waals surface area contributed by atoms with Gasteiger partial charge in [0.2, 0.25) is 0 Å². The maximum absolute atomic E-state index is 12.0. The van der Waals surface area contributed by atoms with Gasteiger partial charge in [0, 0.05) is 7.11 Å². The van der Waals surface area contributed by atoms with Crippen molar-refractivity contribution in [1.29, 1.82) is 0 Å². The van der Waals surface area contributed by atoms with Crippen LogP contribution in [-0.4, -0.2) is 31.0 Å². The number of benzene rings is 2. The van der Waals surface area contributed by atoms with Gasteiger partial charge in [-0.15, -0.1) is 0 Å². The van der Waals surface area contributed by atoms with Gasteiger partial charge >= 0.3 is 6.09 Å². The Bertz CT molecular complexity index is 628. The summed E-state index contributed by atoms with van der Waals surface area (Å²) < 4.78 is 10.3. The van der Waals surface area contributed by atoms with Crippen molar-refractivity contribution in [3.05, 3.63) is 71.3 Å². The van der Waals surface area contributed by atoms with Gasteiger partial charge in [-0.25, -0.2) is 4.79 Å². The molecule has 5 heteroatoms. The predicted molar refractivity (Wildman–Crippen MR) is 91.6 cm³/mol. The first-order valence-electron chi connectivity index (χ1n) is 7.81. The van der Waals surface area contributed by atoms with E-state index >= 15 is 0 Å². The first kappa shape index (κ1) is 18.0. The molecular formula is C19H23NO4. The first-order valence-corrected chi connectivity index (χ1v) is 7.81. The number of carbonyl (C=O) groups is 1. The molecule has 5 nitrogen and oxygen atoms in total. The lowest BCUT2D eigenvalue weighted by Crippen LogP contribution is -2.42. The van der Waals surface area contributed by atoms with Gasteiger partial charge in [-0.2, -0.15) is 0 Å². The van der Waals surface area contributed by atoms with Crippen LogP contribution in [0.2, 0.25) is 0 Å². The molecule has 2 N–H and O–H groups in total. The fraction of sp³-hybridized carbons (Fsp3) is 0.316. The van der Waals surface area contributed by atoms with Crippen molar-refractivity contribution >= 4 is 6.09 Å². The smallest absolute Gasteiger partial charge is 0.407 e. The molecule has 0 heterocycles. The van der Waals surface area contributed by atoms with E-state index in [1.807, 2.05) is 61.5 Å². The van der Waals surface area contributed by atoms with Crippen LogP contribution >= 0.6 is 0 Å². The molecule has 0 fully saturated rings. The number of ether oxygens (including phenoxy) is 2. The lowest BCUT2D eigenvalue weighted by atomic mass is 10.0. The fourth-order valence-corrected chi connectivity index (χ4v) is 2.30. The molecule has 24 heavy (non-hydrogen) atoms. The molecule has 2 rings (SSSR count). The third-order valence-electron chi connectivity index (χ3n) is 3.66. The van der Waals surface area contributed by atoms with Crippen molar-refractivity contribution in [2.75, 3.05) is 13.7 Å². The van der Waals surface area contributed by atoms with Crippen LogP contribution in [0.15, 0.2) is 54.6 Å². The summed E-state index contributed by atoms with van der Waals surface area (Å²) in [4.78, 5) is 12.0. The molecule has 0 aliphatic heterocycles. The van der Waals surface area contributed by atoms with Crippen molar-refractivity contribution in [1.82, 2.24) is 5.32 Å². The predicted octanol–water partition coefficient (Wildman–Crippen LogP) is 2.97. The Hall–Kier alpha value is -2.37. The van der Waals surface area contributed by atoms with Gasteiger partial charge < -0.3 is 19.9 Å². The summed E-state index contributed by atoms with van der Waals surface area (Å²) in [5.74, 6) is 0. The van der Waals surface area contributed by atoms with E-state index in [0.717, 1.165) is 11.1 Å². The number of methoxy groups -OCH3 is 1. The van der Waals surface area contributed by atoms with Crippen LogP contribution < -0.4 is 5.32 Å². The van der Waals surface area contributed by atoms with E-state index in [9.17, 15) is 9.90 Å². The minimum atomic E-state index is -0.880. The van der Waals surface area contributed by atoms with Gasteiger partial charge in [-0.1, -0.05) is 60.2 Å². The van der Waals surface area contributed by atoms with Crippen molar-refractivity contribution in [2.24, 2.45) is 0 Å². The second-order valence-electron chi connectivity index (χ2n) is 5.62. The number of aliphatic hydroxyl groups excluding tert-OH is 1. The molecule has 0 saturated carbocycles. The number of rotatable bonds is 7. The summed E-state index contributed by atoms with van der Waals surface area (Å²) in [6, 6.07) is 16.3. The highest BCUT2D eigenvalue weighted by Crippen LogP contribution is 2.18. The second kappa shape index (κ2) is 9.05. The largest absolute Gasteiger partial charge is 0.445 e. The van der Waals surface area contributed by atoms with Gasteiger partial charge in [0.05, 0.1) is 12.6 Å². The Morgan fingerprint density at radius 2 is 1.79 bits per heavy atom. The van der Waals surface area contributed by atoms with Crippen LogP contribution in [-0.2, 0) is 16.1 Å². The second-order valence-corrected chi connectivity index (χ2v) is 5.62. The topological polar surface area (TPSA) is 67.8 Å². The molecule has 0 spiro atoms. The SMILES string of the molecule is COC[C@@H](NC(=O)OCc1ccccc1)[C@H](O)c1ccc(C)cc1. The Kier molecular flexibility index (Phi) is 6.78. The van der Waals surface area contributed by atoms with E-state index in [0.29, 0.717) is 5.56 Å². The molecule has 2 aromatic carbocycles. The summed E-state index contributed by atoms with van der Waals surface area (Å²) in [7, 11) is 1.52. The number of hydrogen-bond donors (Lipinski definition) is 2. The third-order valence-corrected chi connectivity index (χ3v) is 3.66. The third kappa shape index (κ3) is 5.37. The summed E-state index contributed by atoms with van der Waals surface area (Å²) in [6.07, 6.45) is -1.47. The molecule has 0 radical (unpaired) electrons. The number of alkyl carbamates (subject to hydrolysis) is 1. The number of nitrogens with one attached hydrogen (secondary N) is 1. The Morgan fingerprint density at radius 3 is 2.42 bits per heavy atom. The van der Waals surface area contributed by atoms with E-state index in [-0.39, 0.29) is 13.2 Å². The summed E-state index contributed by atoms with van der Waals surface area (Å²) in [6.45, 7) is 2.32. The van der Waals surface area contributed by atoms with Crippen LogP contribution in [0.25, 0.3) is 0 Å². The number of aryl methyl sites for hydroxylation is 1. The maximum atomic E-state index is 12.0. The van der Waals surface area contributed by atoms with Crippen LogP contribution in [0.3, 0.4) is 0 Å². The summed E-state index contributed by atoms with van der Waals surface area (Å²) in [5, 5.41) is 13.2. The van der Waals surface area contributed by atoms with E-state index in [1.165, 1.54) is 7.11 Å². The average molecular weight is 329 g/mol. The van der Waals surface area contributed by atoms with E-state index in [4.69, 9.17) is 9.47 Å². The zero-order valence-corrected chi connectivity index (χ0v) is 13.9. The monoisotopic (exact) mass is 329 g/mol. The minimum Gasteiger partial charge on any atom is -0.445 e. The molecule has 128 valence electrons. The Balaban J connectivity index is 1.94. The molecular weight excluding hydrogens is 306 g/mol. The highest BCUT2D eigenvalue weighted by molar-refractivity contribution is 5.67. The summed E-state index contributed by atoms with van der Waals surface area (Å²) in [5.41, 5.74) is 2.71. The molecule has 0 aliphatic carbocycles. The lowest BCUT2D eigenvalue weighted by molar-refractivity contribution is 0.0611. The van der Waals surface area contributed by atoms with E-state index < -0.39 is 18.2 Å². The van der Waals surface area contributed by atoms with E-state index in [1.54, 1.807) is 0 Å². The summed E-state index contributed by atoms with van der Waals surface area (Å²) >= 11 is 0. The van der Waals surface area contributed by atoms with Crippen molar-refractivity contribution in [3.63, 3.8) is 0 Å². The molecule has 0 aromatic heterocycles. The highest BCUT2D eigenvalue weighted by Gasteiger charge is 2.23. The van der Waals surface area contributed by atoms with Crippen molar-refractivity contribution in [2.45, 2.75) is 25.7 Å². The average Bonchev–Trinajstić information content (AvgIpc) is 2.60. The lowest BCUT2D eigenvalue weighted by Gasteiger charge is -2.23. The minimum absolute atomic E-state index is 0.174. The van der Waals surface area contributed by atoms with Gasteiger partial charge in [0.1, 0.15) is 12.7 Å². The number of aliphatic hydroxyl groups is 1. The molecule has 0 saturated heterocycles. The van der Waals surface area contributed by atoms with Crippen molar-refractivity contribution < 1.29 is 19.4 Å². The molecule has 1 amide bonds. The maximum Gasteiger partial charge on any atom is 0.407 e. The normalized spacial score (nSPS) is 13.1. The molecule has 2 atom stereocenters. The van der Waals surface area contributed by atoms with E-state index in [2.05, 4.69) is 5.32 Å². The molecule has 0 unspecified atom stereocenters. The van der Waals surface area contributed by atoms with Crippen LogP contribution in [0.1, 0.15) is 22.8 Å². The zero-order valence-electron chi connectivity index (χ0n) is 13.9. The standard InChI is InChI=1S/C19H23NO4/c1-14-8-10-16(11-9-14)18(21)17(13-23-2)20-19(22)24-12-15-6-4-3-5-7-15/h3-11,17-18,21H,12-13H2,1-2H3,(H,20,22)/t17-,18-/m1/s1. The quantitative estimate of drug-likeness (QED) is 0.819. The zero-order chi connectivity index (χ0) is 17.4. The van der Waals surface area contributed by atoms with Gasteiger partial charge in [0.25, 0.3) is 0 Å². The van der Waals surface area contributed by atoms with Crippen LogP contribution in [0.5, 0.6) is 0 Å². The Morgan fingerprint density at radius 1 is 1.12 bits per heavy atom. The van der Waals surface area contributed by atoms with Crippen LogP contribution in [0.4, 0.5) is 4.79 Å². The van der Waals surface area contributed by atoms with Gasteiger partial charge in [0.15, 0.2) is 0 Å². The molecule has 0 aliphatic rings. The van der Waals surface area contributed by atoms with Gasteiger partial charge in [-0.05, 0) is 18.1 Å². The number of hydrogen-bond acceptors (Lipinski definition) is 4.